The number of rotatable bonds is 6. The standard InChI is InChI=1S/C27H33FN4O2/c1-18-26(33)32(16-22(14-29)34-18)24(27(2,3)4)25-30-23(20-11-8-12-21(28)13-20)17-31(25)15-19-9-6-5-7-10-19/h5-13,17-18,22,24H,14-16,29H2,1-4H3. The van der Waals surface area contributed by atoms with Crippen LogP contribution in [0.2, 0.25) is 0 Å². The second-order valence-corrected chi connectivity index (χ2v) is 10.0. The third-order valence-electron chi connectivity index (χ3n) is 6.19. The summed E-state index contributed by atoms with van der Waals surface area (Å²) in [4.78, 5) is 20.2. The molecule has 1 aromatic heterocycles. The Labute approximate surface area is 200 Å². The van der Waals surface area contributed by atoms with E-state index >= 15 is 0 Å². The number of aromatic nitrogens is 2. The monoisotopic (exact) mass is 464 g/mol. The van der Waals surface area contributed by atoms with Crippen molar-refractivity contribution >= 4 is 5.91 Å². The van der Waals surface area contributed by atoms with Crippen LogP contribution in [0.5, 0.6) is 0 Å². The summed E-state index contributed by atoms with van der Waals surface area (Å²) < 4.78 is 21.9. The van der Waals surface area contributed by atoms with Gasteiger partial charge in [-0.25, -0.2) is 9.37 Å². The van der Waals surface area contributed by atoms with Crippen LogP contribution in [-0.4, -0.2) is 45.7 Å². The number of hydrogen-bond donors (Lipinski definition) is 1. The van der Waals surface area contributed by atoms with Crippen LogP contribution in [0, 0.1) is 11.2 Å². The predicted octanol–water partition coefficient (Wildman–Crippen LogP) is 4.40. The van der Waals surface area contributed by atoms with Crippen LogP contribution in [-0.2, 0) is 16.1 Å². The molecule has 0 spiro atoms. The molecule has 1 aliphatic heterocycles. The maximum absolute atomic E-state index is 14.0. The van der Waals surface area contributed by atoms with Crippen LogP contribution in [0.3, 0.4) is 0 Å². The largest absolute Gasteiger partial charge is 0.362 e. The van der Waals surface area contributed by atoms with Gasteiger partial charge in [-0.2, -0.15) is 0 Å². The van der Waals surface area contributed by atoms with Crippen molar-refractivity contribution in [2.45, 2.75) is 52.5 Å². The minimum atomic E-state index is -0.577. The lowest BCUT2D eigenvalue weighted by Gasteiger charge is -2.45. The fraction of sp³-hybridized carbons (Fsp3) is 0.407. The highest BCUT2D eigenvalue weighted by Crippen LogP contribution is 2.40. The zero-order valence-electron chi connectivity index (χ0n) is 20.2. The van der Waals surface area contributed by atoms with E-state index in [1.54, 1.807) is 13.0 Å². The van der Waals surface area contributed by atoms with Gasteiger partial charge >= 0.3 is 0 Å². The Balaban J connectivity index is 1.84. The van der Waals surface area contributed by atoms with Crippen molar-refractivity contribution in [3.05, 3.63) is 78.0 Å². The molecule has 3 atom stereocenters. The average Bonchev–Trinajstić information content (AvgIpc) is 3.19. The number of ether oxygens (including phenoxy) is 1. The van der Waals surface area contributed by atoms with Gasteiger partial charge in [-0.3, -0.25) is 4.79 Å². The fourth-order valence-corrected chi connectivity index (χ4v) is 4.63. The molecule has 1 saturated heterocycles. The van der Waals surface area contributed by atoms with E-state index in [-0.39, 0.29) is 29.3 Å². The summed E-state index contributed by atoms with van der Waals surface area (Å²) in [6, 6.07) is 16.2. The van der Waals surface area contributed by atoms with Crippen molar-refractivity contribution in [1.82, 2.24) is 14.5 Å². The van der Waals surface area contributed by atoms with Gasteiger partial charge in [0, 0.05) is 31.4 Å². The predicted molar refractivity (Wildman–Crippen MR) is 130 cm³/mol. The van der Waals surface area contributed by atoms with Gasteiger partial charge < -0.3 is 19.9 Å². The van der Waals surface area contributed by atoms with Gasteiger partial charge in [0.15, 0.2) is 0 Å². The summed E-state index contributed by atoms with van der Waals surface area (Å²) in [6.07, 6.45) is 1.13. The zero-order valence-corrected chi connectivity index (χ0v) is 20.2. The van der Waals surface area contributed by atoms with Crippen LogP contribution in [0.25, 0.3) is 11.3 Å². The molecule has 1 fully saturated rings. The Bertz CT molecular complexity index is 1140. The van der Waals surface area contributed by atoms with Crippen molar-refractivity contribution in [1.29, 1.82) is 0 Å². The molecule has 4 rings (SSSR count). The molecular formula is C27H33FN4O2. The Kier molecular flexibility index (Phi) is 6.86. The molecule has 7 heteroatoms. The Morgan fingerprint density at radius 1 is 1.18 bits per heavy atom. The SMILES string of the molecule is CC1OC(CN)CN(C(c2nc(-c3cccc(F)c3)cn2Cc2ccccc2)C(C)(C)C)C1=O. The summed E-state index contributed by atoms with van der Waals surface area (Å²) in [5.74, 6) is 0.368. The van der Waals surface area contributed by atoms with E-state index in [2.05, 4.69) is 37.5 Å². The van der Waals surface area contributed by atoms with Gasteiger partial charge in [0.05, 0.1) is 17.8 Å². The molecule has 2 N–H and O–H groups in total. The maximum Gasteiger partial charge on any atom is 0.252 e. The number of carbonyl (C=O) groups is 1. The van der Waals surface area contributed by atoms with Gasteiger partial charge in [0.1, 0.15) is 17.7 Å². The van der Waals surface area contributed by atoms with E-state index in [0.29, 0.717) is 30.9 Å². The molecule has 2 aromatic carbocycles. The molecular weight excluding hydrogens is 431 g/mol. The number of benzene rings is 2. The molecule has 1 amide bonds. The van der Waals surface area contributed by atoms with E-state index in [9.17, 15) is 9.18 Å². The van der Waals surface area contributed by atoms with E-state index in [1.807, 2.05) is 35.4 Å². The van der Waals surface area contributed by atoms with E-state index in [1.165, 1.54) is 12.1 Å². The number of morpholine rings is 1. The van der Waals surface area contributed by atoms with Crippen molar-refractivity contribution in [3.63, 3.8) is 0 Å². The Morgan fingerprint density at radius 3 is 2.56 bits per heavy atom. The molecule has 2 heterocycles. The first-order chi connectivity index (χ1) is 16.2. The average molecular weight is 465 g/mol. The number of imidazole rings is 1. The van der Waals surface area contributed by atoms with Crippen molar-refractivity contribution in [2.75, 3.05) is 13.1 Å². The van der Waals surface area contributed by atoms with Crippen LogP contribution < -0.4 is 5.73 Å². The first-order valence-electron chi connectivity index (χ1n) is 11.7. The third kappa shape index (κ3) is 5.05. The van der Waals surface area contributed by atoms with E-state index < -0.39 is 6.10 Å². The van der Waals surface area contributed by atoms with E-state index in [4.69, 9.17) is 15.5 Å². The van der Waals surface area contributed by atoms with Crippen molar-refractivity contribution < 1.29 is 13.9 Å². The Morgan fingerprint density at radius 2 is 1.91 bits per heavy atom. The summed E-state index contributed by atoms with van der Waals surface area (Å²) in [5.41, 5.74) is 8.08. The molecule has 1 aliphatic rings. The number of nitrogens with two attached hydrogens (primary N) is 1. The van der Waals surface area contributed by atoms with Gasteiger partial charge in [-0.1, -0.05) is 63.2 Å². The van der Waals surface area contributed by atoms with Gasteiger partial charge in [-0.05, 0) is 30.0 Å². The normalized spacial score (nSPS) is 19.9. The second kappa shape index (κ2) is 9.68. The molecule has 0 radical (unpaired) electrons. The highest BCUT2D eigenvalue weighted by molar-refractivity contribution is 5.81. The summed E-state index contributed by atoms with van der Waals surface area (Å²) >= 11 is 0. The van der Waals surface area contributed by atoms with Gasteiger partial charge in [0.2, 0.25) is 0 Å². The highest BCUT2D eigenvalue weighted by Gasteiger charge is 2.43. The fourth-order valence-electron chi connectivity index (χ4n) is 4.63. The molecule has 180 valence electrons. The molecule has 0 bridgehead atoms. The van der Waals surface area contributed by atoms with Gasteiger partial charge in [-0.15, -0.1) is 0 Å². The molecule has 0 aliphatic carbocycles. The summed E-state index contributed by atoms with van der Waals surface area (Å²) in [6.45, 7) is 9.39. The minimum Gasteiger partial charge on any atom is -0.362 e. The van der Waals surface area contributed by atoms with Crippen LogP contribution in [0.4, 0.5) is 4.39 Å². The summed E-state index contributed by atoms with van der Waals surface area (Å²) in [5, 5.41) is 0. The van der Waals surface area contributed by atoms with Crippen LogP contribution in [0.1, 0.15) is 45.1 Å². The molecule has 6 nitrogen and oxygen atoms in total. The van der Waals surface area contributed by atoms with Crippen LogP contribution in [0.15, 0.2) is 60.8 Å². The highest BCUT2D eigenvalue weighted by atomic mass is 19.1. The molecule has 0 saturated carbocycles. The molecule has 3 unspecified atom stereocenters. The smallest absolute Gasteiger partial charge is 0.252 e. The third-order valence-corrected chi connectivity index (χ3v) is 6.19. The maximum atomic E-state index is 14.0. The quantitative estimate of drug-likeness (QED) is 0.587. The lowest BCUT2D eigenvalue weighted by Crippen LogP contribution is -2.56. The van der Waals surface area contributed by atoms with Crippen molar-refractivity contribution in [3.8, 4) is 11.3 Å². The number of amides is 1. The second-order valence-electron chi connectivity index (χ2n) is 10.0. The number of carbonyl (C=O) groups excluding carboxylic acids is 1. The number of halogens is 1. The number of nitrogens with zero attached hydrogens (tertiary/aromatic N) is 3. The zero-order chi connectivity index (χ0) is 24.5. The Hall–Kier alpha value is -3.03. The lowest BCUT2D eigenvalue weighted by molar-refractivity contribution is -0.167. The summed E-state index contributed by atoms with van der Waals surface area (Å²) in [7, 11) is 0. The van der Waals surface area contributed by atoms with Gasteiger partial charge in [0.25, 0.3) is 5.91 Å². The van der Waals surface area contributed by atoms with Crippen molar-refractivity contribution in [2.24, 2.45) is 11.1 Å². The van der Waals surface area contributed by atoms with E-state index in [0.717, 1.165) is 11.4 Å². The van der Waals surface area contributed by atoms with Crippen LogP contribution >= 0.6 is 0 Å². The molecule has 34 heavy (non-hydrogen) atoms. The molecule has 3 aromatic rings. The first kappa shape index (κ1) is 24.1. The first-order valence-corrected chi connectivity index (χ1v) is 11.7. The number of hydrogen-bond acceptors (Lipinski definition) is 4. The minimum absolute atomic E-state index is 0.0776. The lowest BCUT2D eigenvalue weighted by atomic mass is 9.84. The topological polar surface area (TPSA) is 73.4 Å².